The van der Waals surface area contributed by atoms with Crippen LogP contribution >= 0.6 is 0 Å². The van der Waals surface area contributed by atoms with Crippen LogP contribution in [-0.4, -0.2) is 71.5 Å². The van der Waals surface area contributed by atoms with Gasteiger partial charge in [-0.05, 0) is 81.6 Å². The van der Waals surface area contributed by atoms with E-state index in [2.05, 4.69) is 38.3 Å². The SMILES string of the molecule is C=O.CCC.C[C@@H]1CCCN1C(=O)C(NC(=O)NC1(C(=O)OCc2ccccc2)CC2CCC21C)C1CCCCC1.NC(=O)C(=O)C(N)CC1CC1. The molecule has 1 aromatic carbocycles. The number of likely N-dealkylation sites (tertiary alicyclic amines) is 1. The lowest BCUT2D eigenvalue weighted by Gasteiger charge is -2.67. The number of urea groups is 1. The normalized spacial score (nSPS) is 27.0. The molecule has 12 nitrogen and oxygen atoms in total. The molecule has 52 heavy (non-hydrogen) atoms. The van der Waals surface area contributed by atoms with Crippen LogP contribution in [0, 0.1) is 23.2 Å². The number of ether oxygens (including phenoxy) is 1. The molecule has 4 aliphatic carbocycles. The fraction of sp³-hybridized carbons (Fsp3) is 0.700. The Morgan fingerprint density at radius 1 is 0.962 bits per heavy atom. The maximum atomic E-state index is 13.6. The summed E-state index contributed by atoms with van der Waals surface area (Å²) >= 11 is 0. The Morgan fingerprint density at radius 3 is 2.08 bits per heavy atom. The number of hydrogen-bond donors (Lipinski definition) is 4. The molecule has 5 unspecified atom stereocenters. The van der Waals surface area contributed by atoms with Gasteiger partial charge in [-0.15, -0.1) is 0 Å². The van der Waals surface area contributed by atoms with Crippen molar-refractivity contribution >= 4 is 36.4 Å². The van der Waals surface area contributed by atoms with E-state index in [-0.39, 0.29) is 35.9 Å². The zero-order valence-electron chi connectivity index (χ0n) is 31.8. The number of nitrogens with one attached hydrogen (secondary N) is 2. The Bertz CT molecular complexity index is 1350. The van der Waals surface area contributed by atoms with Gasteiger partial charge in [0.05, 0.1) is 6.04 Å². The van der Waals surface area contributed by atoms with Crippen LogP contribution in [0.2, 0.25) is 0 Å². The van der Waals surface area contributed by atoms with Crippen molar-refractivity contribution in [2.24, 2.45) is 34.6 Å². The smallest absolute Gasteiger partial charge is 0.332 e. The molecule has 6 N–H and O–H groups in total. The summed E-state index contributed by atoms with van der Waals surface area (Å²) in [7, 11) is 0. The fourth-order valence-corrected chi connectivity index (χ4v) is 8.21. The first kappa shape index (κ1) is 42.6. The number of esters is 1. The van der Waals surface area contributed by atoms with Crippen molar-refractivity contribution < 1.29 is 33.5 Å². The zero-order valence-corrected chi connectivity index (χ0v) is 31.8. The number of Topliss-reactive ketones (excluding diaryl/α,β-unsaturated/α-hetero) is 1. The van der Waals surface area contributed by atoms with Gasteiger partial charge in [0.25, 0.3) is 5.91 Å². The zero-order chi connectivity index (χ0) is 38.5. The molecule has 0 spiro atoms. The molecule has 0 aromatic heterocycles. The highest BCUT2D eigenvalue weighted by Crippen LogP contribution is 2.66. The molecule has 290 valence electrons. The van der Waals surface area contributed by atoms with Gasteiger partial charge >= 0.3 is 12.0 Å². The monoisotopic (exact) mass is 725 g/mol. The standard InChI is InChI=1S/C29H41N3O4.C7H12N2O2.C3H8.CH2O/c1-20-10-9-17-32(20)25(33)24(22-13-7-4-8-14-22)30-27(35)31-29(18-23-15-16-28(23,29)2)26(34)36-19-21-11-5-3-6-12-21;8-5(3-4-1-2-4)6(10)7(9)11;1-3-2;1-2/h3,5-6,11-12,20,22-24H,4,7-10,13-19H2,1-2H3,(H2,30,31,35);4-5H,1-3,8H2,(H2,9,11);3H2,1-2H3;1H2/t20-,23?,24?,28?,29?;;;/m1.../s1. The highest BCUT2D eigenvalue weighted by atomic mass is 16.5. The number of fused-ring (bicyclic) bond motifs is 1. The molecule has 12 heteroatoms. The molecule has 1 heterocycles. The first-order valence-electron chi connectivity index (χ1n) is 19.3. The Morgan fingerprint density at radius 2 is 1.60 bits per heavy atom. The van der Waals surface area contributed by atoms with Crippen molar-refractivity contribution in [2.45, 2.75) is 148 Å². The van der Waals surface area contributed by atoms with Gasteiger partial charge in [-0.25, -0.2) is 9.59 Å². The average molecular weight is 726 g/mol. The molecule has 1 aliphatic heterocycles. The van der Waals surface area contributed by atoms with Crippen LogP contribution < -0.4 is 22.1 Å². The molecule has 1 aromatic rings. The predicted octanol–water partition coefficient (Wildman–Crippen LogP) is 4.95. The third-order valence-electron chi connectivity index (χ3n) is 11.7. The van der Waals surface area contributed by atoms with Crippen molar-refractivity contribution in [1.82, 2.24) is 15.5 Å². The van der Waals surface area contributed by atoms with Crippen molar-refractivity contribution in [3.8, 4) is 0 Å². The summed E-state index contributed by atoms with van der Waals surface area (Å²) in [4.78, 5) is 71.7. The summed E-state index contributed by atoms with van der Waals surface area (Å²) in [5.74, 6) is -0.788. The van der Waals surface area contributed by atoms with Crippen molar-refractivity contribution in [3.05, 3.63) is 35.9 Å². The predicted molar refractivity (Wildman–Crippen MR) is 199 cm³/mol. The molecule has 6 rings (SSSR count). The highest BCUT2D eigenvalue weighted by Gasteiger charge is 2.72. The summed E-state index contributed by atoms with van der Waals surface area (Å²) in [6.07, 6.45) is 13.9. The molecular weight excluding hydrogens is 662 g/mol. The first-order chi connectivity index (χ1) is 24.9. The summed E-state index contributed by atoms with van der Waals surface area (Å²) in [5.41, 5.74) is 9.75. The number of nitrogens with zero attached hydrogens (tertiary/aromatic N) is 1. The van der Waals surface area contributed by atoms with E-state index >= 15 is 0 Å². The number of ketones is 1. The van der Waals surface area contributed by atoms with Crippen molar-refractivity contribution in [3.63, 3.8) is 0 Å². The van der Waals surface area contributed by atoms with Crippen LogP contribution in [0.3, 0.4) is 0 Å². The van der Waals surface area contributed by atoms with Gasteiger partial charge < -0.3 is 36.5 Å². The second-order valence-corrected chi connectivity index (χ2v) is 15.5. The van der Waals surface area contributed by atoms with Crippen LogP contribution in [0.4, 0.5) is 4.79 Å². The number of nitrogens with two attached hydrogens (primary N) is 2. The summed E-state index contributed by atoms with van der Waals surface area (Å²) in [6, 6.07) is 8.18. The third-order valence-corrected chi connectivity index (χ3v) is 11.7. The van der Waals surface area contributed by atoms with Crippen LogP contribution in [0.25, 0.3) is 0 Å². The lowest BCUT2D eigenvalue weighted by atomic mass is 9.39. The number of carbonyl (C=O) groups excluding carboxylic acids is 6. The maximum Gasteiger partial charge on any atom is 0.332 e. The van der Waals surface area contributed by atoms with E-state index in [1.54, 1.807) is 0 Å². The molecule has 5 aliphatic rings. The maximum absolute atomic E-state index is 13.6. The van der Waals surface area contributed by atoms with Crippen molar-refractivity contribution in [1.29, 1.82) is 0 Å². The van der Waals surface area contributed by atoms with E-state index in [1.165, 1.54) is 12.8 Å². The fourth-order valence-electron chi connectivity index (χ4n) is 8.21. The molecule has 6 atom stereocenters. The minimum Gasteiger partial charge on any atom is -0.459 e. The average Bonchev–Trinajstić information content (AvgIpc) is 3.87. The van der Waals surface area contributed by atoms with Gasteiger partial charge in [0.1, 0.15) is 25.0 Å². The number of primary amides is 1. The topological polar surface area (TPSA) is 191 Å². The van der Waals surface area contributed by atoms with E-state index in [4.69, 9.17) is 21.0 Å². The molecular formula is C40H63N5O7. The number of benzene rings is 1. The Kier molecular flexibility index (Phi) is 16.3. The van der Waals surface area contributed by atoms with E-state index in [9.17, 15) is 24.0 Å². The largest absolute Gasteiger partial charge is 0.459 e. The van der Waals surface area contributed by atoms with E-state index < -0.39 is 35.3 Å². The van der Waals surface area contributed by atoms with Crippen LogP contribution in [-0.2, 0) is 35.3 Å². The minimum atomic E-state index is -1.05. The lowest BCUT2D eigenvalue weighted by molar-refractivity contribution is -0.200. The van der Waals surface area contributed by atoms with Crippen LogP contribution in [0.15, 0.2) is 30.3 Å². The van der Waals surface area contributed by atoms with Crippen LogP contribution in [0.1, 0.15) is 123 Å². The summed E-state index contributed by atoms with van der Waals surface area (Å²) in [6.45, 7) is 11.4. The molecule has 4 saturated carbocycles. The van der Waals surface area contributed by atoms with Gasteiger partial charge in [-0.3, -0.25) is 14.4 Å². The lowest BCUT2D eigenvalue weighted by Crippen LogP contribution is -2.79. The number of carbonyl (C=O) groups is 6. The number of rotatable bonds is 11. The van der Waals surface area contributed by atoms with Gasteiger partial charge in [0.15, 0.2) is 0 Å². The second kappa shape index (κ2) is 19.9. The molecule has 0 bridgehead atoms. The van der Waals surface area contributed by atoms with E-state index in [0.29, 0.717) is 24.7 Å². The molecule has 0 radical (unpaired) electrons. The Balaban J connectivity index is 0.000000382. The quantitative estimate of drug-likeness (QED) is 0.182. The highest BCUT2D eigenvalue weighted by molar-refractivity contribution is 6.37. The summed E-state index contributed by atoms with van der Waals surface area (Å²) in [5, 5.41) is 6.13. The molecule has 5 fully saturated rings. The first-order valence-corrected chi connectivity index (χ1v) is 19.3. The molecule has 1 saturated heterocycles. The van der Waals surface area contributed by atoms with Crippen LogP contribution in [0.5, 0.6) is 0 Å². The van der Waals surface area contributed by atoms with Gasteiger partial charge in [-0.2, -0.15) is 0 Å². The van der Waals surface area contributed by atoms with E-state index in [0.717, 1.165) is 76.3 Å². The Labute approximate surface area is 309 Å². The van der Waals surface area contributed by atoms with Gasteiger partial charge in [0, 0.05) is 18.0 Å². The third kappa shape index (κ3) is 10.4. The summed E-state index contributed by atoms with van der Waals surface area (Å²) < 4.78 is 5.76. The Hall–Kier alpha value is -3.80. The van der Waals surface area contributed by atoms with E-state index in [1.807, 2.05) is 42.0 Å². The molecule has 4 amide bonds. The van der Waals surface area contributed by atoms with Gasteiger partial charge in [-0.1, -0.05) is 89.6 Å². The van der Waals surface area contributed by atoms with Crippen molar-refractivity contribution in [2.75, 3.05) is 6.54 Å². The van der Waals surface area contributed by atoms with Gasteiger partial charge in [0.2, 0.25) is 11.7 Å². The number of amides is 4. The second-order valence-electron chi connectivity index (χ2n) is 15.5. The number of hydrogen-bond acceptors (Lipinski definition) is 8. The minimum absolute atomic E-state index is 0.0316.